The minimum Gasteiger partial charge on any atom is -0.379 e. The summed E-state index contributed by atoms with van der Waals surface area (Å²) < 4.78 is 14.5. The molecule has 1 amide bonds. The molecular formula is C19H17FN4OS2. The number of pyridine rings is 1. The Morgan fingerprint density at radius 1 is 1.33 bits per heavy atom. The van der Waals surface area contributed by atoms with E-state index in [1.54, 1.807) is 24.4 Å². The highest BCUT2D eigenvalue weighted by Gasteiger charge is 2.32. The minimum absolute atomic E-state index is 0.247. The highest BCUT2D eigenvalue weighted by molar-refractivity contribution is 8.13. The molecule has 1 aliphatic rings. The number of fused-ring (bicyclic) bond motifs is 1. The minimum atomic E-state index is -0.734. The molecule has 1 aromatic carbocycles. The molecule has 4 rings (SSSR count). The maximum atomic E-state index is 14.5. The van der Waals surface area contributed by atoms with E-state index in [2.05, 4.69) is 15.3 Å². The Kier molecular flexibility index (Phi) is 4.61. The molecule has 27 heavy (non-hydrogen) atoms. The van der Waals surface area contributed by atoms with Gasteiger partial charge in [0.1, 0.15) is 10.6 Å². The topological polar surface area (TPSA) is 80.4 Å². The number of nitrogens with two attached hydrogens (primary N) is 1. The van der Waals surface area contributed by atoms with Gasteiger partial charge < -0.3 is 11.1 Å². The number of carbonyl (C=O) groups excluding carboxylic acids is 1. The van der Waals surface area contributed by atoms with E-state index in [1.165, 1.54) is 29.2 Å². The number of hydrogen-bond donors (Lipinski definition) is 2. The Bertz CT molecular complexity index is 1030. The molecule has 0 saturated heterocycles. The average Bonchev–Trinajstić information content (AvgIpc) is 3.07. The number of hydrogen-bond acceptors (Lipinski definition) is 6. The normalized spacial score (nSPS) is 19.7. The van der Waals surface area contributed by atoms with E-state index < -0.39 is 5.54 Å². The first-order valence-corrected chi connectivity index (χ1v) is 10.2. The first kappa shape index (κ1) is 17.9. The van der Waals surface area contributed by atoms with Crippen molar-refractivity contribution >= 4 is 50.1 Å². The molecular weight excluding hydrogens is 383 g/mol. The van der Waals surface area contributed by atoms with E-state index in [-0.39, 0.29) is 11.7 Å². The fourth-order valence-corrected chi connectivity index (χ4v) is 4.95. The molecule has 5 nitrogen and oxygen atoms in total. The van der Waals surface area contributed by atoms with Crippen molar-refractivity contribution in [1.29, 1.82) is 0 Å². The van der Waals surface area contributed by atoms with Gasteiger partial charge >= 0.3 is 0 Å². The number of aliphatic imine (C=N–C) groups is 1. The second-order valence-electron chi connectivity index (χ2n) is 6.48. The number of amidine groups is 1. The zero-order valence-electron chi connectivity index (χ0n) is 14.5. The number of anilines is 1. The number of nitrogens with one attached hydrogen (secondary N) is 1. The number of rotatable bonds is 3. The fourth-order valence-electron chi connectivity index (χ4n) is 3.07. The van der Waals surface area contributed by atoms with Gasteiger partial charge in [-0.15, -0.1) is 11.3 Å². The molecule has 138 valence electrons. The van der Waals surface area contributed by atoms with Crippen LogP contribution in [0.2, 0.25) is 0 Å². The summed E-state index contributed by atoms with van der Waals surface area (Å²) in [6, 6.07) is 10.1. The summed E-state index contributed by atoms with van der Waals surface area (Å²) in [5.41, 5.74) is 6.07. The second-order valence-corrected chi connectivity index (χ2v) is 8.63. The number of thioether (sulfide) groups is 1. The Morgan fingerprint density at radius 2 is 2.19 bits per heavy atom. The molecule has 0 saturated carbocycles. The van der Waals surface area contributed by atoms with E-state index in [4.69, 9.17) is 5.73 Å². The van der Waals surface area contributed by atoms with E-state index in [9.17, 15) is 9.18 Å². The van der Waals surface area contributed by atoms with Crippen molar-refractivity contribution in [2.45, 2.75) is 18.9 Å². The van der Waals surface area contributed by atoms with Crippen LogP contribution in [0.4, 0.5) is 10.1 Å². The number of carbonyl (C=O) groups is 1. The third kappa shape index (κ3) is 3.54. The molecule has 3 N–H and O–H groups in total. The number of amides is 1. The van der Waals surface area contributed by atoms with E-state index in [0.717, 1.165) is 16.0 Å². The standard InChI is InChI=1S/C19H17FN4OS2/c1-19(6-8-26-18(21)24-19)13-10-12(4-5-14(13)20)23-16(25)15-9-11-3-2-7-22-17(11)27-15/h2-5,7,9-10H,6,8H2,1H3,(H2,21,24)(H,23,25)/t19-/m0/s1. The number of halogens is 1. The first-order chi connectivity index (χ1) is 12.9. The molecule has 0 spiro atoms. The largest absolute Gasteiger partial charge is 0.379 e. The van der Waals surface area contributed by atoms with Gasteiger partial charge in [-0.25, -0.2) is 9.37 Å². The predicted molar refractivity (Wildman–Crippen MR) is 110 cm³/mol. The van der Waals surface area contributed by atoms with Crippen molar-refractivity contribution in [3.63, 3.8) is 0 Å². The van der Waals surface area contributed by atoms with Crippen molar-refractivity contribution in [3.05, 3.63) is 58.9 Å². The van der Waals surface area contributed by atoms with Gasteiger partial charge in [0.25, 0.3) is 5.91 Å². The van der Waals surface area contributed by atoms with Crippen LogP contribution in [0.5, 0.6) is 0 Å². The Balaban J connectivity index is 1.63. The summed E-state index contributed by atoms with van der Waals surface area (Å²) in [7, 11) is 0. The van der Waals surface area contributed by atoms with Crippen LogP contribution in [0.3, 0.4) is 0 Å². The number of thiophene rings is 1. The van der Waals surface area contributed by atoms with Gasteiger partial charge in [0, 0.05) is 28.6 Å². The summed E-state index contributed by atoms with van der Waals surface area (Å²) in [4.78, 5) is 22.7. The SMILES string of the molecule is C[C@@]1(c2cc(NC(=O)c3cc4cccnc4s3)ccc2F)CCSC(N)=N1. The van der Waals surface area contributed by atoms with E-state index in [0.29, 0.717) is 27.7 Å². The number of nitrogens with zero attached hydrogens (tertiary/aromatic N) is 2. The van der Waals surface area contributed by atoms with Crippen molar-refractivity contribution in [3.8, 4) is 0 Å². The number of aromatic nitrogens is 1. The van der Waals surface area contributed by atoms with Crippen LogP contribution in [0.1, 0.15) is 28.6 Å². The fraction of sp³-hybridized carbons (Fsp3) is 0.211. The van der Waals surface area contributed by atoms with Gasteiger partial charge in [0.15, 0.2) is 5.17 Å². The van der Waals surface area contributed by atoms with Crippen molar-refractivity contribution < 1.29 is 9.18 Å². The lowest BCUT2D eigenvalue weighted by Gasteiger charge is -2.30. The lowest BCUT2D eigenvalue weighted by atomic mass is 9.89. The van der Waals surface area contributed by atoms with Gasteiger partial charge in [-0.1, -0.05) is 17.8 Å². The van der Waals surface area contributed by atoms with Crippen molar-refractivity contribution in [2.24, 2.45) is 10.7 Å². The lowest BCUT2D eigenvalue weighted by Crippen LogP contribution is -2.29. The maximum absolute atomic E-state index is 14.5. The number of benzene rings is 1. The van der Waals surface area contributed by atoms with Crippen LogP contribution < -0.4 is 11.1 Å². The van der Waals surface area contributed by atoms with Gasteiger partial charge in [-0.3, -0.25) is 9.79 Å². The maximum Gasteiger partial charge on any atom is 0.265 e. The summed E-state index contributed by atoms with van der Waals surface area (Å²) in [5.74, 6) is 0.171. The molecule has 0 unspecified atom stereocenters. The summed E-state index contributed by atoms with van der Waals surface area (Å²) in [6.07, 6.45) is 2.37. The third-order valence-corrected chi connectivity index (χ3v) is 6.37. The lowest BCUT2D eigenvalue weighted by molar-refractivity contribution is 0.103. The molecule has 8 heteroatoms. The molecule has 3 aromatic rings. The summed E-state index contributed by atoms with van der Waals surface area (Å²) >= 11 is 2.79. The Morgan fingerprint density at radius 3 is 2.96 bits per heavy atom. The monoisotopic (exact) mass is 400 g/mol. The van der Waals surface area contributed by atoms with Crippen LogP contribution in [0.25, 0.3) is 10.2 Å². The molecule has 1 atom stereocenters. The molecule has 1 aliphatic heterocycles. The zero-order chi connectivity index (χ0) is 19.0. The van der Waals surface area contributed by atoms with E-state index in [1.807, 2.05) is 19.1 Å². The Labute approximate surface area is 163 Å². The Hall–Kier alpha value is -2.45. The van der Waals surface area contributed by atoms with Crippen molar-refractivity contribution in [2.75, 3.05) is 11.1 Å². The molecule has 0 fully saturated rings. The predicted octanol–water partition coefficient (Wildman–Crippen LogP) is 4.35. The average molecular weight is 401 g/mol. The van der Waals surface area contributed by atoms with Crippen LogP contribution in [-0.4, -0.2) is 21.8 Å². The third-order valence-electron chi connectivity index (χ3n) is 4.52. The van der Waals surface area contributed by atoms with Gasteiger partial charge in [0.05, 0.1) is 10.4 Å². The molecule has 2 aromatic heterocycles. The molecule has 0 aliphatic carbocycles. The highest BCUT2D eigenvalue weighted by atomic mass is 32.2. The zero-order valence-corrected chi connectivity index (χ0v) is 16.2. The van der Waals surface area contributed by atoms with E-state index >= 15 is 0 Å². The smallest absolute Gasteiger partial charge is 0.265 e. The molecule has 0 radical (unpaired) electrons. The quantitative estimate of drug-likeness (QED) is 0.685. The van der Waals surface area contributed by atoms with Crippen LogP contribution in [0, 0.1) is 5.82 Å². The molecule has 3 heterocycles. The van der Waals surface area contributed by atoms with Crippen LogP contribution in [0.15, 0.2) is 47.6 Å². The van der Waals surface area contributed by atoms with Crippen molar-refractivity contribution in [1.82, 2.24) is 4.98 Å². The summed E-state index contributed by atoms with van der Waals surface area (Å²) in [6.45, 7) is 1.86. The molecule has 0 bridgehead atoms. The van der Waals surface area contributed by atoms with Gasteiger partial charge in [-0.05, 0) is 43.7 Å². The van der Waals surface area contributed by atoms with Gasteiger partial charge in [-0.2, -0.15) is 0 Å². The van der Waals surface area contributed by atoms with Crippen LogP contribution >= 0.6 is 23.1 Å². The van der Waals surface area contributed by atoms with Crippen LogP contribution in [-0.2, 0) is 5.54 Å². The second kappa shape index (κ2) is 6.94. The summed E-state index contributed by atoms with van der Waals surface area (Å²) in [5, 5.41) is 4.22. The first-order valence-electron chi connectivity index (χ1n) is 8.39. The highest BCUT2D eigenvalue weighted by Crippen LogP contribution is 2.37. The van der Waals surface area contributed by atoms with Gasteiger partial charge in [0.2, 0.25) is 0 Å².